The van der Waals surface area contributed by atoms with Gasteiger partial charge in [0.25, 0.3) is 0 Å². The third kappa shape index (κ3) is 2.94. The smallest absolute Gasteiger partial charge is 0.227 e. The number of piperidine rings is 1. The van der Waals surface area contributed by atoms with Crippen LogP contribution in [-0.2, 0) is 4.79 Å². The topological polar surface area (TPSA) is 61.4 Å². The Kier molecular flexibility index (Phi) is 3.58. The van der Waals surface area contributed by atoms with E-state index in [0.717, 1.165) is 38.1 Å². The summed E-state index contributed by atoms with van der Waals surface area (Å²) in [7, 11) is 0. The Labute approximate surface area is 98.8 Å². The Hall–Kier alpha value is -1.62. The SMILES string of the molecule is O=C(Nc1cc(F)ccc1O)C1CCNCC1. The minimum Gasteiger partial charge on any atom is -0.506 e. The first-order valence-corrected chi connectivity index (χ1v) is 5.67. The number of carbonyl (C=O) groups excluding carboxylic acids is 1. The molecule has 17 heavy (non-hydrogen) atoms. The zero-order chi connectivity index (χ0) is 12.3. The number of hydrogen-bond donors (Lipinski definition) is 3. The van der Waals surface area contributed by atoms with Crippen molar-refractivity contribution >= 4 is 11.6 Å². The quantitative estimate of drug-likeness (QED) is 0.684. The second-order valence-electron chi connectivity index (χ2n) is 4.17. The number of rotatable bonds is 2. The molecule has 0 atom stereocenters. The van der Waals surface area contributed by atoms with Crippen molar-refractivity contribution in [2.45, 2.75) is 12.8 Å². The van der Waals surface area contributed by atoms with Crippen molar-refractivity contribution < 1.29 is 14.3 Å². The van der Waals surface area contributed by atoms with Crippen LogP contribution in [0.1, 0.15) is 12.8 Å². The molecular weight excluding hydrogens is 223 g/mol. The van der Waals surface area contributed by atoms with Gasteiger partial charge in [-0.05, 0) is 38.1 Å². The molecule has 3 N–H and O–H groups in total. The summed E-state index contributed by atoms with van der Waals surface area (Å²) in [5.41, 5.74) is 0.133. The van der Waals surface area contributed by atoms with Crippen molar-refractivity contribution in [2.75, 3.05) is 18.4 Å². The summed E-state index contributed by atoms with van der Waals surface area (Å²) < 4.78 is 13.0. The van der Waals surface area contributed by atoms with Gasteiger partial charge in [-0.3, -0.25) is 4.79 Å². The molecule has 0 bridgehead atoms. The molecule has 0 spiro atoms. The van der Waals surface area contributed by atoms with Gasteiger partial charge in [0.15, 0.2) is 0 Å². The summed E-state index contributed by atoms with van der Waals surface area (Å²) in [6.45, 7) is 1.63. The molecule has 0 aliphatic carbocycles. The Balaban J connectivity index is 2.04. The maximum absolute atomic E-state index is 13.0. The van der Waals surface area contributed by atoms with Crippen LogP contribution < -0.4 is 10.6 Å². The lowest BCUT2D eigenvalue weighted by atomic mass is 9.97. The lowest BCUT2D eigenvalue weighted by Crippen LogP contribution is -2.34. The Morgan fingerprint density at radius 1 is 1.41 bits per heavy atom. The number of phenols is 1. The summed E-state index contributed by atoms with van der Waals surface area (Å²) in [5, 5.41) is 15.2. The van der Waals surface area contributed by atoms with Crippen molar-refractivity contribution in [3.05, 3.63) is 24.0 Å². The first-order chi connectivity index (χ1) is 8.16. The van der Waals surface area contributed by atoms with Gasteiger partial charge in [-0.2, -0.15) is 0 Å². The predicted octanol–water partition coefficient (Wildman–Crippen LogP) is 1.47. The van der Waals surface area contributed by atoms with E-state index in [1.807, 2.05) is 0 Å². The first-order valence-electron chi connectivity index (χ1n) is 5.67. The highest BCUT2D eigenvalue weighted by Crippen LogP contribution is 2.25. The van der Waals surface area contributed by atoms with Gasteiger partial charge >= 0.3 is 0 Å². The number of carbonyl (C=O) groups is 1. The molecule has 1 heterocycles. The highest BCUT2D eigenvalue weighted by molar-refractivity contribution is 5.93. The Morgan fingerprint density at radius 3 is 2.82 bits per heavy atom. The number of amides is 1. The van der Waals surface area contributed by atoms with Crippen molar-refractivity contribution in [1.29, 1.82) is 0 Å². The number of aromatic hydroxyl groups is 1. The molecular formula is C12H15FN2O2. The fourth-order valence-electron chi connectivity index (χ4n) is 1.93. The van der Waals surface area contributed by atoms with E-state index >= 15 is 0 Å². The van der Waals surface area contributed by atoms with E-state index in [-0.39, 0.29) is 23.3 Å². The van der Waals surface area contributed by atoms with Crippen LogP contribution in [0, 0.1) is 11.7 Å². The van der Waals surface area contributed by atoms with Gasteiger partial charge in [0, 0.05) is 12.0 Å². The van der Waals surface area contributed by atoms with Gasteiger partial charge < -0.3 is 15.7 Å². The summed E-state index contributed by atoms with van der Waals surface area (Å²) in [5.74, 6) is -0.830. The molecule has 4 nitrogen and oxygen atoms in total. The number of anilines is 1. The van der Waals surface area contributed by atoms with E-state index in [4.69, 9.17) is 0 Å². The zero-order valence-corrected chi connectivity index (χ0v) is 9.37. The van der Waals surface area contributed by atoms with E-state index < -0.39 is 5.82 Å². The molecule has 1 fully saturated rings. The van der Waals surface area contributed by atoms with Crippen molar-refractivity contribution in [1.82, 2.24) is 5.32 Å². The van der Waals surface area contributed by atoms with Crippen LogP contribution in [-0.4, -0.2) is 24.1 Å². The van der Waals surface area contributed by atoms with E-state index in [1.54, 1.807) is 0 Å². The van der Waals surface area contributed by atoms with Gasteiger partial charge in [-0.25, -0.2) is 4.39 Å². The zero-order valence-electron chi connectivity index (χ0n) is 9.37. The van der Waals surface area contributed by atoms with E-state index in [1.165, 1.54) is 6.07 Å². The van der Waals surface area contributed by atoms with Crippen LogP contribution in [0.4, 0.5) is 10.1 Å². The lowest BCUT2D eigenvalue weighted by molar-refractivity contribution is -0.120. The third-order valence-corrected chi connectivity index (χ3v) is 2.93. The molecule has 2 rings (SSSR count). The second-order valence-corrected chi connectivity index (χ2v) is 4.17. The van der Waals surface area contributed by atoms with Crippen molar-refractivity contribution in [3.8, 4) is 5.75 Å². The van der Waals surface area contributed by atoms with Crippen molar-refractivity contribution in [3.63, 3.8) is 0 Å². The van der Waals surface area contributed by atoms with Crippen LogP contribution in [0.5, 0.6) is 5.75 Å². The van der Waals surface area contributed by atoms with Gasteiger partial charge in [0.1, 0.15) is 11.6 Å². The van der Waals surface area contributed by atoms with E-state index in [9.17, 15) is 14.3 Å². The van der Waals surface area contributed by atoms with Crippen LogP contribution in [0.2, 0.25) is 0 Å². The molecule has 0 saturated carbocycles. The number of hydrogen-bond acceptors (Lipinski definition) is 3. The summed E-state index contributed by atoms with van der Waals surface area (Å²) in [6.07, 6.45) is 1.53. The highest BCUT2D eigenvalue weighted by atomic mass is 19.1. The maximum Gasteiger partial charge on any atom is 0.227 e. The molecule has 1 aliphatic rings. The fourth-order valence-corrected chi connectivity index (χ4v) is 1.93. The minimum atomic E-state index is -0.483. The largest absolute Gasteiger partial charge is 0.506 e. The number of halogens is 1. The molecule has 5 heteroatoms. The number of phenolic OH excluding ortho intramolecular Hbond substituents is 1. The van der Waals surface area contributed by atoms with E-state index in [2.05, 4.69) is 10.6 Å². The summed E-state index contributed by atoms with van der Waals surface area (Å²) >= 11 is 0. The molecule has 1 aliphatic heterocycles. The van der Waals surface area contributed by atoms with Crippen LogP contribution in [0.15, 0.2) is 18.2 Å². The molecule has 1 saturated heterocycles. The predicted molar refractivity (Wildman–Crippen MR) is 62.3 cm³/mol. The summed E-state index contributed by atoms with van der Waals surface area (Å²) in [6, 6.07) is 3.50. The molecule has 1 amide bonds. The first kappa shape index (κ1) is 11.9. The molecule has 0 radical (unpaired) electrons. The lowest BCUT2D eigenvalue weighted by Gasteiger charge is -2.21. The minimum absolute atomic E-state index is 0.0704. The third-order valence-electron chi connectivity index (χ3n) is 2.93. The van der Waals surface area contributed by atoms with Crippen LogP contribution >= 0.6 is 0 Å². The molecule has 92 valence electrons. The monoisotopic (exact) mass is 238 g/mol. The van der Waals surface area contributed by atoms with Crippen LogP contribution in [0.3, 0.4) is 0 Å². The number of benzene rings is 1. The molecule has 1 aromatic carbocycles. The van der Waals surface area contributed by atoms with Crippen LogP contribution in [0.25, 0.3) is 0 Å². The normalized spacial score (nSPS) is 16.8. The Morgan fingerprint density at radius 2 is 2.12 bits per heavy atom. The highest BCUT2D eigenvalue weighted by Gasteiger charge is 2.21. The second kappa shape index (κ2) is 5.14. The van der Waals surface area contributed by atoms with Gasteiger partial charge in [0.05, 0.1) is 5.69 Å². The summed E-state index contributed by atoms with van der Waals surface area (Å²) in [4.78, 5) is 11.9. The fraction of sp³-hybridized carbons (Fsp3) is 0.417. The van der Waals surface area contributed by atoms with Gasteiger partial charge in [-0.15, -0.1) is 0 Å². The standard InChI is InChI=1S/C12H15FN2O2/c13-9-1-2-11(16)10(7-9)15-12(17)8-3-5-14-6-4-8/h1-2,7-8,14,16H,3-6H2,(H,15,17). The average molecular weight is 238 g/mol. The Bertz CT molecular complexity index is 417. The van der Waals surface area contributed by atoms with Gasteiger partial charge in [-0.1, -0.05) is 0 Å². The van der Waals surface area contributed by atoms with E-state index in [0.29, 0.717) is 0 Å². The maximum atomic E-state index is 13.0. The molecule has 1 aromatic rings. The molecule has 0 aromatic heterocycles. The van der Waals surface area contributed by atoms with Gasteiger partial charge in [0.2, 0.25) is 5.91 Å². The number of nitrogens with one attached hydrogen (secondary N) is 2. The molecule has 0 unspecified atom stereocenters. The van der Waals surface area contributed by atoms with Crippen molar-refractivity contribution in [2.24, 2.45) is 5.92 Å². The average Bonchev–Trinajstić information content (AvgIpc) is 2.35.